The quantitative estimate of drug-likeness (QED) is 0.462. The van der Waals surface area contributed by atoms with E-state index in [4.69, 9.17) is 5.73 Å². The van der Waals surface area contributed by atoms with Crippen LogP contribution in [-0.2, 0) is 0 Å². The molecule has 2 amide bonds. The molecule has 4 heteroatoms. The zero-order valence-corrected chi connectivity index (χ0v) is 5.77. The molecule has 0 radical (unpaired) electrons. The van der Waals surface area contributed by atoms with Gasteiger partial charge in [0, 0.05) is 19.6 Å². The molecule has 0 aromatic carbocycles. The molecule has 0 aliphatic carbocycles. The molecule has 4 nitrogen and oxygen atoms in total. The zero-order chi connectivity index (χ0) is 7.28. The van der Waals surface area contributed by atoms with Crippen molar-refractivity contribution in [2.45, 2.75) is 13.0 Å². The van der Waals surface area contributed by atoms with Crippen LogP contribution in [0.3, 0.4) is 0 Å². The van der Waals surface area contributed by atoms with Gasteiger partial charge in [0.15, 0.2) is 0 Å². The van der Waals surface area contributed by atoms with Gasteiger partial charge in [-0.25, -0.2) is 4.79 Å². The summed E-state index contributed by atoms with van der Waals surface area (Å²) in [6.07, 6.45) is 0. The summed E-state index contributed by atoms with van der Waals surface area (Å²) in [5, 5.41) is 4.97. The van der Waals surface area contributed by atoms with E-state index < -0.39 is 0 Å². The Morgan fingerprint density at radius 2 is 2.33 bits per heavy atom. The van der Waals surface area contributed by atoms with E-state index in [9.17, 15) is 4.79 Å². The predicted molar refractivity (Wildman–Crippen MR) is 36.1 cm³/mol. The maximum Gasteiger partial charge on any atom is 0.314 e. The van der Waals surface area contributed by atoms with Crippen molar-refractivity contribution in [2.75, 3.05) is 13.6 Å². The summed E-state index contributed by atoms with van der Waals surface area (Å²) in [5.41, 5.74) is 5.35. The minimum absolute atomic E-state index is 0.0160. The Balaban J connectivity index is 3.17. The summed E-state index contributed by atoms with van der Waals surface area (Å²) in [6, 6.07) is -0.172. The Hall–Kier alpha value is -0.770. The number of carbonyl (C=O) groups excluding carboxylic acids is 1. The number of urea groups is 1. The molecule has 0 aliphatic heterocycles. The fraction of sp³-hybridized carbons (Fsp3) is 0.800. The van der Waals surface area contributed by atoms with Gasteiger partial charge in [-0.3, -0.25) is 0 Å². The van der Waals surface area contributed by atoms with E-state index in [1.54, 1.807) is 7.05 Å². The minimum Gasteiger partial charge on any atom is -0.341 e. The average Bonchev–Trinajstić information content (AvgIpc) is 1.83. The lowest BCUT2D eigenvalue weighted by atomic mass is 10.4. The SMILES string of the molecule is CNC(=O)NC[C@H](C)N. The van der Waals surface area contributed by atoms with Gasteiger partial charge in [0.1, 0.15) is 0 Å². The summed E-state index contributed by atoms with van der Waals surface area (Å²) < 4.78 is 0. The van der Waals surface area contributed by atoms with Crippen LogP contribution in [0, 0.1) is 0 Å². The van der Waals surface area contributed by atoms with E-state index in [2.05, 4.69) is 10.6 Å². The van der Waals surface area contributed by atoms with Gasteiger partial charge < -0.3 is 16.4 Å². The van der Waals surface area contributed by atoms with Crippen molar-refractivity contribution in [2.24, 2.45) is 5.73 Å². The Labute approximate surface area is 54.8 Å². The highest BCUT2D eigenvalue weighted by molar-refractivity contribution is 5.73. The van der Waals surface area contributed by atoms with Gasteiger partial charge in [-0.15, -0.1) is 0 Å². The minimum atomic E-state index is -0.188. The van der Waals surface area contributed by atoms with Crippen molar-refractivity contribution >= 4 is 6.03 Å². The van der Waals surface area contributed by atoms with Gasteiger partial charge in [-0.2, -0.15) is 0 Å². The molecule has 0 saturated carbocycles. The van der Waals surface area contributed by atoms with Crippen LogP contribution < -0.4 is 16.4 Å². The lowest BCUT2D eigenvalue weighted by molar-refractivity contribution is 0.242. The van der Waals surface area contributed by atoms with E-state index in [0.29, 0.717) is 6.54 Å². The number of hydrogen-bond donors (Lipinski definition) is 3. The largest absolute Gasteiger partial charge is 0.341 e. The Kier molecular flexibility index (Phi) is 3.79. The van der Waals surface area contributed by atoms with Crippen LogP contribution >= 0.6 is 0 Å². The smallest absolute Gasteiger partial charge is 0.314 e. The number of carbonyl (C=O) groups is 1. The number of nitrogens with one attached hydrogen (secondary N) is 2. The van der Waals surface area contributed by atoms with Gasteiger partial charge in [-0.05, 0) is 6.92 Å². The molecule has 0 fully saturated rings. The summed E-state index contributed by atoms with van der Waals surface area (Å²) in [4.78, 5) is 10.4. The molecule has 0 saturated heterocycles. The normalized spacial score (nSPS) is 12.3. The molecule has 4 N–H and O–H groups in total. The van der Waals surface area contributed by atoms with Crippen LogP contribution in [0.5, 0.6) is 0 Å². The highest BCUT2D eigenvalue weighted by Crippen LogP contribution is 1.68. The van der Waals surface area contributed by atoms with Crippen molar-refractivity contribution in [3.05, 3.63) is 0 Å². The maximum absolute atomic E-state index is 10.4. The van der Waals surface area contributed by atoms with Crippen LogP contribution in [-0.4, -0.2) is 25.7 Å². The molecular formula is C5H13N3O. The first-order chi connectivity index (χ1) is 4.16. The van der Waals surface area contributed by atoms with Crippen LogP contribution in [0.1, 0.15) is 6.92 Å². The molecule has 0 aromatic heterocycles. The van der Waals surface area contributed by atoms with Crippen molar-refractivity contribution in [3.63, 3.8) is 0 Å². The summed E-state index contributed by atoms with van der Waals surface area (Å²) in [6.45, 7) is 2.34. The van der Waals surface area contributed by atoms with Gasteiger partial charge in [-0.1, -0.05) is 0 Å². The average molecular weight is 131 g/mol. The lowest BCUT2D eigenvalue weighted by Gasteiger charge is -2.05. The van der Waals surface area contributed by atoms with Crippen molar-refractivity contribution in [1.82, 2.24) is 10.6 Å². The Morgan fingerprint density at radius 3 is 2.67 bits per heavy atom. The molecule has 0 spiro atoms. The first kappa shape index (κ1) is 8.23. The van der Waals surface area contributed by atoms with Gasteiger partial charge >= 0.3 is 6.03 Å². The maximum atomic E-state index is 10.4. The van der Waals surface area contributed by atoms with E-state index in [-0.39, 0.29) is 12.1 Å². The van der Waals surface area contributed by atoms with Gasteiger partial charge in [0.2, 0.25) is 0 Å². The molecule has 0 rings (SSSR count). The molecule has 54 valence electrons. The van der Waals surface area contributed by atoms with E-state index in [1.807, 2.05) is 6.92 Å². The van der Waals surface area contributed by atoms with Crippen LogP contribution in [0.15, 0.2) is 0 Å². The number of amides is 2. The molecule has 0 unspecified atom stereocenters. The Morgan fingerprint density at radius 1 is 1.78 bits per heavy atom. The van der Waals surface area contributed by atoms with Crippen LogP contribution in [0.4, 0.5) is 4.79 Å². The third kappa shape index (κ3) is 5.10. The van der Waals surface area contributed by atoms with Crippen molar-refractivity contribution < 1.29 is 4.79 Å². The van der Waals surface area contributed by atoms with Crippen molar-refractivity contribution in [1.29, 1.82) is 0 Å². The third-order valence-corrected chi connectivity index (χ3v) is 0.812. The fourth-order valence-corrected chi connectivity index (χ4v) is 0.342. The highest BCUT2D eigenvalue weighted by Gasteiger charge is 1.95. The second-order valence-electron chi connectivity index (χ2n) is 1.94. The second-order valence-corrected chi connectivity index (χ2v) is 1.94. The summed E-state index contributed by atoms with van der Waals surface area (Å²) in [7, 11) is 1.57. The predicted octanol–water partition coefficient (Wildman–Crippen LogP) is -0.737. The monoisotopic (exact) mass is 131 g/mol. The van der Waals surface area contributed by atoms with Crippen molar-refractivity contribution in [3.8, 4) is 0 Å². The molecule has 0 heterocycles. The molecule has 0 bridgehead atoms. The molecule has 0 aromatic rings. The number of hydrogen-bond acceptors (Lipinski definition) is 2. The van der Waals surface area contributed by atoms with E-state index in [0.717, 1.165) is 0 Å². The van der Waals surface area contributed by atoms with Gasteiger partial charge in [0.05, 0.1) is 0 Å². The molecule has 9 heavy (non-hydrogen) atoms. The second kappa shape index (κ2) is 4.14. The Bertz CT molecular complexity index is 92.2. The molecule has 1 atom stereocenters. The van der Waals surface area contributed by atoms with E-state index >= 15 is 0 Å². The molecule has 0 aliphatic rings. The third-order valence-electron chi connectivity index (χ3n) is 0.812. The standard InChI is InChI=1S/C5H13N3O/c1-4(6)3-8-5(9)7-2/h4H,3,6H2,1-2H3,(H2,7,8,9)/t4-/m0/s1. The lowest BCUT2D eigenvalue weighted by Crippen LogP contribution is -2.39. The molecular weight excluding hydrogens is 118 g/mol. The summed E-state index contributed by atoms with van der Waals surface area (Å²) >= 11 is 0. The fourth-order valence-electron chi connectivity index (χ4n) is 0.342. The van der Waals surface area contributed by atoms with E-state index in [1.165, 1.54) is 0 Å². The summed E-state index contributed by atoms with van der Waals surface area (Å²) in [5.74, 6) is 0. The van der Waals surface area contributed by atoms with Crippen LogP contribution in [0.2, 0.25) is 0 Å². The van der Waals surface area contributed by atoms with Crippen LogP contribution in [0.25, 0.3) is 0 Å². The topological polar surface area (TPSA) is 67.2 Å². The highest BCUT2D eigenvalue weighted by atomic mass is 16.2. The van der Waals surface area contributed by atoms with Gasteiger partial charge in [0.25, 0.3) is 0 Å². The first-order valence-electron chi connectivity index (χ1n) is 2.88. The number of nitrogens with two attached hydrogens (primary N) is 1. The zero-order valence-electron chi connectivity index (χ0n) is 5.77. The first-order valence-corrected chi connectivity index (χ1v) is 2.88. The number of rotatable bonds is 2.